The molecule has 1 fully saturated rings. The first-order valence-electron chi connectivity index (χ1n) is 9.89. The average Bonchev–Trinajstić information content (AvgIpc) is 2.73. The van der Waals surface area contributed by atoms with E-state index in [1.807, 2.05) is 4.90 Å². The first-order valence-corrected chi connectivity index (χ1v) is 10.6. The minimum Gasteiger partial charge on any atom is -0.506 e. The Bertz CT molecular complexity index is 1270. The number of hydrogen-bond acceptors (Lipinski definition) is 6. The Morgan fingerprint density at radius 1 is 1.29 bits per heavy atom. The molecular formula is C22H21Cl2N5O2. The molecule has 4 rings (SSSR count). The van der Waals surface area contributed by atoms with E-state index in [1.165, 1.54) is 10.6 Å². The zero-order chi connectivity index (χ0) is 22.3. The summed E-state index contributed by atoms with van der Waals surface area (Å²) in [6.45, 7) is 3.31. The first kappa shape index (κ1) is 21.3. The maximum Gasteiger partial charge on any atom is 0.270 e. The van der Waals surface area contributed by atoms with E-state index in [2.05, 4.69) is 23.3 Å². The number of nitrogens with one attached hydrogen (secondary N) is 1. The van der Waals surface area contributed by atoms with Crippen LogP contribution >= 0.6 is 23.2 Å². The minimum absolute atomic E-state index is 0.0683. The van der Waals surface area contributed by atoms with Gasteiger partial charge in [-0.05, 0) is 36.6 Å². The van der Waals surface area contributed by atoms with E-state index >= 15 is 0 Å². The predicted molar refractivity (Wildman–Crippen MR) is 123 cm³/mol. The number of aromatic nitrogens is 2. The SMILES string of the molecule is C[C@H]1CN(c2c(C#N)c(=O)n(C)c3ccc(Cl)nc23)CC[C@H]1Nc1ccc(Cl)cc1O. The number of aromatic hydroxyl groups is 1. The van der Waals surface area contributed by atoms with Crippen molar-refractivity contribution in [1.29, 1.82) is 5.26 Å². The highest BCUT2D eigenvalue weighted by Gasteiger charge is 2.30. The summed E-state index contributed by atoms with van der Waals surface area (Å²) in [6, 6.07) is 10.5. The summed E-state index contributed by atoms with van der Waals surface area (Å²) in [5.74, 6) is 0.263. The third-order valence-electron chi connectivity index (χ3n) is 5.81. The molecule has 1 aliphatic heterocycles. The van der Waals surface area contributed by atoms with E-state index in [0.29, 0.717) is 45.7 Å². The fourth-order valence-electron chi connectivity index (χ4n) is 4.17. The Balaban J connectivity index is 1.68. The second kappa shape index (κ2) is 8.29. The number of benzene rings is 1. The Morgan fingerprint density at radius 2 is 2.06 bits per heavy atom. The van der Waals surface area contributed by atoms with Gasteiger partial charge < -0.3 is 19.9 Å². The van der Waals surface area contributed by atoms with Gasteiger partial charge in [-0.15, -0.1) is 0 Å². The monoisotopic (exact) mass is 457 g/mol. The summed E-state index contributed by atoms with van der Waals surface area (Å²) in [5, 5.41) is 24.1. The molecule has 9 heteroatoms. The van der Waals surface area contributed by atoms with Crippen molar-refractivity contribution in [1.82, 2.24) is 9.55 Å². The molecule has 0 bridgehead atoms. The highest BCUT2D eigenvalue weighted by atomic mass is 35.5. The van der Waals surface area contributed by atoms with E-state index in [0.717, 1.165) is 6.42 Å². The number of halogens is 2. The largest absolute Gasteiger partial charge is 0.506 e. The number of anilines is 2. The van der Waals surface area contributed by atoms with Crippen LogP contribution in [0.3, 0.4) is 0 Å². The molecule has 1 aromatic carbocycles. The van der Waals surface area contributed by atoms with Gasteiger partial charge in [-0.1, -0.05) is 30.1 Å². The van der Waals surface area contributed by atoms with Crippen molar-refractivity contribution in [2.75, 3.05) is 23.3 Å². The van der Waals surface area contributed by atoms with Crippen LogP contribution in [0.2, 0.25) is 10.2 Å². The van der Waals surface area contributed by atoms with Gasteiger partial charge in [0.2, 0.25) is 0 Å². The number of rotatable bonds is 3. The smallest absolute Gasteiger partial charge is 0.270 e. The Labute approximate surface area is 189 Å². The molecule has 0 amide bonds. The average molecular weight is 458 g/mol. The molecule has 160 valence electrons. The molecule has 1 aliphatic rings. The highest BCUT2D eigenvalue weighted by Crippen LogP contribution is 2.34. The minimum atomic E-state index is -0.354. The van der Waals surface area contributed by atoms with Gasteiger partial charge in [-0.25, -0.2) is 4.98 Å². The maximum absolute atomic E-state index is 12.8. The van der Waals surface area contributed by atoms with Crippen molar-refractivity contribution < 1.29 is 5.11 Å². The summed E-state index contributed by atoms with van der Waals surface area (Å²) in [6.07, 6.45) is 0.741. The van der Waals surface area contributed by atoms with Crippen LogP contribution in [0.5, 0.6) is 5.75 Å². The summed E-state index contributed by atoms with van der Waals surface area (Å²) in [4.78, 5) is 19.3. The topological polar surface area (TPSA) is 94.2 Å². The number of fused-ring (bicyclic) bond motifs is 1. The summed E-state index contributed by atoms with van der Waals surface area (Å²) < 4.78 is 1.43. The van der Waals surface area contributed by atoms with E-state index in [1.54, 1.807) is 31.3 Å². The van der Waals surface area contributed by atoms with Crippen molar-refractivity contribution in [3.8, 4) is 11.8 Å². The Hall–Kier alpha value is -2.95. The van der Waals surface area contributed by atoms with Gasteiger partial charge >= 0.3 is 0 Å². The lowest BCUT2D eigenvalue weighted by Crippen LogP contribution is -2.46. The van der Waals surface area contributed by atoms with Crippen LogP contribution in [0, 0.1) is 17.2 Å². The van der Waals surface area contributed by atoms with Crippen molar-refractivity contribution in [3.05, 3.63) is 56.4 Å². The van der Waals surface area contributed by atoms with Crippen LogP contribution in [0.4, 0.5) is 11.4 Å². The summed E-state index contributed by atoms with van der Waals surface area (Å²) in [5.41, 5.74) is 2.04. The zero-order valence-electron chi connectivity index (χ0n) is 17.1. The fourth-order valence-corrected chi connectivity index (χ4v) is 4.48. The van der Waals surface area contributed by atoms with Gasteiger partial charge in [0.05, 0.1) is 16.9 Å². The molecule has 3 aromatic rings. The molecule has 2 N–H and O–H groups in total. The summed E-state index contributed by atoms with van der Waals surface area (Å²) >= 11 is 12.1. The van der Waals surface area contributed by atoms with Gasteiger partial charge in [0.15, 0.2) is 0 Å². The van der Waals surface area contributed by atoms with Gasteiger partial charge in [0.25, 0.3) is 5.56 Å². The fraction of sp³-hybridized carbons (Fsp3) is 0.318. The molecule has 2 atom stereocenters. The third-order valence-corrected chi connectivity index (χ3v) is 6.26. The number of pyridine rings is 2. The zero-order valence-corrected chi connectivity index (χ0v) is 18.6. The van der Waals surface area contributed by atoms with E-state index in [9.17, 15) is 15.2 Å². The highest BCUT2D eigenvalue weighted by molar-refractivity contribution is 6.30. The molecule has 0 aliphatic carbocycles. The molecule has 7 nitrogen and oxygen atoms in total. The molecule has 0 radical (unpaired) electrons. The standard InChI is InChI=1S/C22H21Cl2N5O2/c1-12-11-29(8-7-15(12)26-16-4-3-13(23)9-18(16)30)21-14(10-25)22(31)28(2)17-5-6-19(24)27-20(17)21/h3-6,9,12,15,26,30H,7-8,11H2,1-2H3/t12-,15+/m0/s1. The van der Waals surface area contributed by atoms with E-state index < -0.39 is 0 Å². The molecule has 2 aromatic heterocycles. The van der Waals surface area contributed by atoms with Crippen molar-refractivity contribution in [3.63, 3.8) is 0 Å². The molecule has 0 spiro atoms. The Morgan fingerprint density at radius 3 is 2.74 bits per heavy atom. The van der Waals surface area contributed by atoms with E-state index in [4.69, 9.17) is 23.2 Å². The number of phenolic OH excluding ortho intramolecular Hbond substituents is 1. The number of phenols is 1. The number of nitrogens with zero attached hydrogens (tertiary/aromatic N) is 4. The molecule has 0 unspecified atom stereocenters. The third kappa shape index (κ3) is 3.89. The number of hydrogen-bond donors (Lipinski definition) is 2. The quantitative estimate of drug-likeness (QED) is 0.453. The van der Waals surface area contributed by atoms with Crippen LogP contribution in [-0.4, -0.2) is 33.8 Å². The lowest BCUT2D eigenvalue weighted by Gasteiger charge is -2.39. The molecule has 3 heterocycles. The molecule has 1 saturated heterocycles. The van der Waals surface area contributed by atoms with Crippen LogP contribution in [-0.2, 0) is 7.05 Å². The van der Waals surface area contributed by atoms with Crippen LogP contribution < -0.4 is 15.8 Å². The van der Waals surface area contributed by atoms with Gasteiger partial charge in [-0.3, -0.25) is 4.79 Å². The number of piperidine rings is 1. The van der Waals surface area contributed by atoms with Crippen molar-refractivity contribution in [2.45, 2.75) is 19.4 Å². The first-order chi connectivity index (χ1) is 14.8. The molecule has 0 saturated carbocycles. The second-order valence-corrected chi connectivity index (χ2v) is 8.65. The van der Waals surface area contributed by atoms with E-state index in [-0.39, 0.29) is 28.8 Å². The van der Waals surface area contributed by atoms with Crippen LogP contribution in [0.25, 0.3) is 11.0 Å². The van der Waals surface area contributed by atoms with Crippen LogP contribution in [0.1, 0.15) is 18.9 Å². The van der Waals surface area contributed by atoms with Gasteiger partial charge in [0, 0.05) is 37.3 Å². The molecule has 31 heavy (non-hydrogen) atoms. The number of nitriles is 1. The molecular weight excluding hydrogens is 437 g/mol. The normalized spacial score (nSPS) is 18.7. The van der Waals surface area contributed by atoms with Gasteiger partial charge in [0.1, 0.15) is 28.1 Å². The van der Waals surface area contributed by atoms with Crippen molar-refractivity contribution >= 4 is 45.6 Å². The number of aryl methyl sites for hydroxylation is 1. The van der Waals surface area contributed by atoms with Gasteiger partial charge in [-0.2, -0.15) is 5.26 Å². The maximum atomic E-state index is 12.8. The second-order valence-electron chi connectivity index (χ2n) is 7.83. The lowest BCUT2D eigenvalue weighted by molar-refractivity contribution is 0.402. The lowest BCUT2D eigenvalue weighted by atomic mass is 9.92. The van der Waals surface area contributed by atoms with Crippen molar-refractivity contribution in [2.24, 2.45) is 13.0 Å². The van der Waals surface area contributed by atoms with Crippen LogP contribution in [0.15, 0.2) is 35.1 Å². The predicted octanol–water partition coefficient (Wildman–Crippen LogP) is 4.14. The Kier molecular flexibility index (Phi) is 5.69. The summed E-state index contributed by atoms with van der Waals surface area (Å²) in [7, 11) is 1.63.